The molecule has 0 aliphatic carbocycles. The number of hydrogen-bond donors (Lipinski definition) is 0. The first kappa shape index (κ1) is 23.4. The van der Waals surface area contributed by atoms with E-state index >= 15 is 0 Å². The largest absolute Gasteiger partial charge is 0.489 e. The molecule has 0 saturated heterocycles. The fourth-order valence-electron chi connectivity index (χ4n) is 2.59. The molecule has 0 saturated carbocycles. The summed E-state index contributed by atoms with van der Waals surface area (Å²) in [5, 5.41) is 7.55. The van der Waals surface area contributed by atoms with Gasteiger partial charge in [0.1, 0.15) is 29.5 Å². The predicted octanol–water partition coefficient (Wildman–Crippen LogP) is 2.65. The van der Waals surface area contributed by atoms with Gasteiger partial charge in [-0.1, -0.05) is 20.8 Å². The Balaban J connectivity index is 2.29. The number of nitrogens with zero attached hydrogens (tertiary/aromatic N) is 5. The van der Waals surface area contributed by atoms with E-state index in [9.17, 15) is 14.0 Å². The first-order chi connectivity index (χ1) is 13.7. The minimum atomic E-state index is -0.613. The van der Waals surface area contributed by atoms with E-state index in [1.165, 1.54) is 18.0 Å². The highest BCUT2D eigenvalue weighted by Crippen LogP contribution is 2.32. The van der Waals surface area contributed by atoms with Gasteiger partial charge in [-0.2, -0.15) is 9.36 Å². The van der Waals surface area contributed by atoms with Gasteiger partial charge in [0, 0.05) is 20.2 Å². The number of tetrazole rings is 1. The summed E-state index contributed by atoms with van der Waals surface area (Å²) in [7, 11) is 3.05. The standard InChI is InChI=1S/C20H30FN5O4/c1-19(2,3)13-11-15(26-17(27)25(8)22-23-26)16(12-14(13)21)29-10-9-24(7)18(28)30-20(4,5)6/h11-12H,9-10H2,1-8H3. The van der Waals surface area contributed by atoms with Gasteiger partial charge in [-0.05, 0) is 48.2 Å². The van der Waals surface area contributed by atoms with E-state index in [-0.39, 0.29) is 24.6 Å². The highest BCUT2D eigenvalue weighted by Gasteiger charge is 2.24. The normalized spacial score (nSPS) is 12.0. The van der Waals surface area contributed by atoms with Crippen LogP contribution in [0.2, 0.25) is 0 Å². The maximum atomic E-state index is 14.8. The van der Waals surface area contributed by atoms with Gasteiger partial charge in [-0.15, -0.1) is 0 Å². The fourth-order valence-corrected chi connectivity index (χ4v) is 2.59. The smallest absolute Gasteiger partial charge is 0.410 e. The summed E-state index contributed by atoms with van der Waals surface area (Å²) < 4.78 is 27.9. The molecular formula is C20H30FN5O4. The second-order valence-corrected chi connectivity index (χ2v) is 9.10. The van der Waals surface area contributed by atoms with Gasteiger partial charge in [-0.25, -0.2) is 14.0 Å². The monoisotopic (exact) mass is 423 g/mol. The molecule has 30 heavy (non-hydrogen) atoms. The van der Waals surface area contributed by atoms with E-state index in [4.69, 9.17) is 9.47 Å². The molecule has 0 unspecified atom stereocenters. The Morgan fingerprint density at radius 3 is 2.30 bits per heavy atom. The lowest BCUT2D eigenvalue weighted by Gasteiger charge is -2.25. The molecule has 2 rings (SSSR count). The van der Waals surface area contributed by atoms with Crippen LogP contribution in [-0.2, 0) is 17.2 Å². The van der Waals surface area contributed by atoms with Gasteiger partial charge in [-0.3, -0.25) is 0 Å². The van der Waals surface area contributed by atoms with Crippen LogP contribution in [0.4, 0.5) is 9.18 Å². The number of amides is 1. The highest BCUT2D eigenvalue weighted by molar-refractivity contribution is 5.67. The molecule has 2 aromatic rings. The lowest BCUT2D eigenvalue weighted by molar-refractivity contribution is 0.0278. The van der Waals surface area contributed by atoms with Crippen molar-refractivity contribution < 1.29 is 18.7 Å². The quantitative estimate of drug-likeness (QED) is 0.734. The molecule has 0 N–H and O–H groups in total. The van der Waals surface area contributed by atoms with Crippen LogP contribution >= 0.6 is 0 Å². The van der Waals surface area contributed by atoms with E-state index in [1.807, 2.05) is 20.8 Å². The Kier molecular flexibility index (Phi) is 6.58. The molecule has 0 bridgehead atoms. The molecule has 0 atom stereocenters. The van der Waals surface area contributed by atoms with Crippen LogP contribution < -0.4 is 10.4 Å². The number of rotatable bonds is 5. The van der Waals surface area contributed by atoms with Crippen LogP contribution in [0.5, 0.6) is 5.75 Å². The lowest BCUT2D eigenvalue weighted by Crippen LogP contribution is -2.36. The van der Waals surface area contributed by atoms with Crippen molar-refractivity contribution >= 4 is 6.09 Å². The molecule has 0 aliphatic rings. The van der Waals surface area contributed by atoms with Crippen LogP contribution in [0.3, 0.4) is 0 Å². The predicted molar refractivity (Wildman–Crippen MR) is 110 cm³/mol. The molecule has 10 heteroatoms. The third kappa shape index (κ3) is 5.58. The van der Waals surface area contributed by atoms with Crippen molar-refractivity contribution in [1.29, 1.82) is 0 Å². The van der Waals surface area contributed by atoms with Crippen molar-refractivity contribution in [2.75, 3.05) is 20.2 Å². The number of halogens is 1. The van der Waals surface area contributed by atoms with Crippen molar-refractivity contribution in [2.24, 2.45) is 7.05 Å². The minimum absolute atomic E-state index is 0.0616. The fraction of sp³-hybridized carbons (Fsp3) is 0.600. The number of ether oxygens (including phenoxy) is 2. The molecule has 166 valence electrons. The Bertz CT molecular complexity index is 969. The topological polar surface area (TPSA) is 91.5 Å². The first-order valence-electron chi connectivity index (χ1n) is 9.61. The van der Waals surface area contributed by atoms with Gasteiger partial charge < -0.3 is 14.4 Å². The summed E-state index contributed by atoms with van der Waals surface area (Å²) in [4.78, 5) is 25.8. The molecule has 0 aliphatic heterocycles. The molecule has 1 aromatic heterocycles. The second kappa shape index (κ2) is 8.45. The third-order valence-corrected chi connectivity index (χ3v) is 4.20. The number of likely N-dealkylation sites (N-methyl/N-ethyl adjacent to an activating group) is 1. The first-order valence-corrected chi connectivity index (χ1v) is 9.61. The summed E-state index contributed by atoms with van der Waals surface area (Å²) >= 11 is 0. The number of aryl methyl sites for hydroxylation is 1. The van der Waals surface area contributed by atoms with Gasteiger partial charge >= 0.3 is 11.8 Å². The Hall–Kier alpha value is -2.91. The highest BCUT2D eigenvalue weighted by atomic mass is 19.1. The summed E-state index contributed by atoms with van der Waals surface area (Å²) in [5.41, 5.74) is -0.914. The summed E-state index contributed by atoms with van der Waals surface area (Å²) in [6.45, 7) is 11.2. The number of carbonyl (C=O) groups excluding carboxylic acids is 1. The number of aromatic nitrogens is 4. The molecule has 0 spiro atoms. The van der Waals surface area contributed by atoms with E-state index in [0.29, 0.717) is 5.56 Å². The molecule has 1 amide bonds. The molecule has 0 fully saturated rings. The van der Waals surface area contributed by atoms with E-state index < -0.39 is 28.6 Å². The molecule has 1 heterocycles. The average molecular weight is 423 g/mol. The number of hydrogen-bond acceptors (Lipinski definition) is 6. The zero-order chi connectivity index (χ0) is 22.9. The van der Waals surface area contributed by atoms with Crippen molar-refractivity contribution in [3.63, 3.8) is 0 Å². The van der Waals surface area contributed by atoms with Crippen LogP contribution in [0, 0.1) is 5.82 Å². The van der Waals surface area contributed by atoms with Crippen molar-refractivity contribution in [3.8, 4) is 11.4 Å². The maximum Gasteiger partial charge on any atom is 0.410 e. The minimum Gasteiger partial charge on any atom is -0.489 e. The Labute approximate surface area is 175 Å². The Morgan fingerprint density at radius 1 is 1.17 bits per heavy atom. The van der Waals surface area contributed by atoms with Crippen LogP contribution in [0.15, 0.2) is 16.9 Å². The molecule has 9 nitrogen and oxygen atoms in total. The van der Waals surface area contributed by atoms with E-state index in [1.54, 1.807) is 33.9 Å². The van der Waals surface area contributed by atoms with Crippen LogP contribution in [-0.4, -0.2) is 56.6 Å². The Morgan fingerprint density at radius 2 is 1.80 bits per heavy atom. The number of carbonyl (C=O) groups is 1. The van der Waals surface area contributed by atoms with Gasteiger partial charge in [0.25, 0.3) is 0 Å². The van der Waals surface area contributed by atoms with Gasteiger partial charge in [0.05, 0.1) is 6.54 Å². The average Bonchev–Trinajstić information content (AvgIpc) is 2.91. The summed E-state index contributed by atoms with van der Waals surface area (Å²) in [6.07, 6.45) is -0.495. The zero-order valence-electron chi connectivity index (χ0n) is 18.8. The third-order valence-electron chi connectivity index (χ3n) is 4.20. The molecule has 1 aromatic carbocycles. The zero-order valence-corrected chi connectivity index (χ0v) is 18.8. The molecular weight excluding hydrogens is 393 g/mol. The van der Waals surface area contributed by atoms with Gasteiger partial charge in [0.15, 0.2) is 0 Å². The van der Waals surface area contributed by atoms with E-state index in [0.717, 1.165) is 9.36 Å². The van der Waals surface area contributed by atoms with Crippen molar-refractivity contribution in [3.05, 3.63) is 34.0 Å². The summed E-state index contributed by atoms with van der Waals surface area (Å²) in [6, 6.07) is 2.77. The SMILES string of the molecule is CN(CCOc1cc(F)c(C(C)(C)C)cc1-n1nnn(C)c1=O)C(=O)OC(C)(C)C. The van der Waals surface area contributed by atoms with E-state index in [2.05, 4.69) is 10.4 Å². The van der Waals surface area contributed by atoms with Gasteiger partial charge in [0.2, 0.25) is 0 Å². The molecule has 0 radical (unpaired) electrons. The van der Waals surface area contributed by atoms with Crippen molar-refractivity contribution in [2.45, 2.75) is 52.6 Å². The maximum absolute atomic E-state index is 14.8. The summed E-state index contributed by atoms with van der Waals surface area (Å²) in [5.74, 6) is -0.334. The number of benzene rings is 1. The van der Waals surface area contributed by atoms with Crippen LogP contribution in [0.25, 0.3) is 5.69 Å². The lowest BCUT2D eigenvalue weighted by atomic mass is 9.86. The second-order valence-electron chi connectivity index (χ2n) is 9.10. The van der Waals surface area contributed by atoms with Crippen LogP contribution in [0.1, 0.15) is 47.1 Å². The van der Waals surface area contributed by atoms with Crippen molar-refractivity contribution in [1.82, 2.24) is 24.7 Å².